The van der Waals surface area contributed by atoms with E-state index < -0.39 is 90.3 Å². The maximum Gasteiger partial charge on any atom is 0.326 e. The Labute approximate surface area is 392 Å². The number of aliphatic imine (C=N–C) groups is 2. The summed E-state index contributed by atoms with van der Waals surface area (Å²) in [5.74, 6) is -6.35. The van der Waals surface area contributed by atoms with Crippen LogP contribution in [0.4, 0.5) is 0 Å². The van der Waals surface area contributed by atoms with E-state index in [0.717, 1.165) is 16.5 Å². The zero-order valence-corrected chi connectivity index (χ0v) is 38.3. The summed E-state index contributed by atoms with van der Waals surface area (Å²) in [6.07, 6.45) is 5.53. The Balaban J connectivity index is 1.47. The first-order valence-corrected chi connectivity index (χ1v) is 22.4. The van der Waals surface area contributed by atoms with Gasteiger partial charge >= 0.3 is 5.97 Å². The number of nitrogens with one attached hydrogen (secondary N) is 7. The van der Waals surface area contributed by atoms with Gasteiger partial charge in [-0.1, -0.05) is 32.0 Å². The van der Waals surface area contributed by atoms with Crippen LogP contribution in [-0.4, -0.2) is 152 Å². The average molecular weight is 951 g/mol. The van der Waals surface area contributed by atoms with Crippen LogP contribution < -0.4 is 55.3 Å². The quantitative estimate of drug-likeness (QED) is 0.0202. The van der Waals surface area contributed by atoms with Gasteiger partial charge in [0.15, 0.2) is 11.9 Å². The maximum atomic E-state index is 14.1. The van der Waals surface area contributed by atoms with E-state index in [4.69, 9.17) is 28.7 Å². The molecule has 68 heavy (non-hydrogen) atoms. The van der Waals surface area contributed by atoms with Gasteiger partial charge in [-0.25, -0.2) is 9.78 Å². The van der Waals surface area contributed by atoms with Gasteiger partial charge in [0.25, 0.3) is 0 Å². The van der Waals surface area contributed by atoms with Crippen molar-refractivity contribution in [3.05, 3.63) is 54.2 Å². The highest BCUT2D eigenvalue weighted by atomic mass is 16.4. The molecule has 1 aliphatic heterocycles. The van der Waals surface area contributed by atoms with Crippen LogP contribution in [0, 0.1) is 5.92 Å². The number of carboxylic acids is 1. The number of likely N-dealkylation sites (tertiary alicyclic amines) is 1. The number of carbonyl (C=O) groups excluding carboxylic acids is 6. The molecule has 0 unspecified atom stereocenters. The monoisotopic (exact) mass is 951 g/mol. The molecule has 372 valence electrons. The van der Waals surface area contributed by atoms with Gasteiger partial charge in [0, 0.05) is 55.0 Å². The number of rotatable bonds is 27. The lowest BCUT2D eigenvalue weighted by Gasteiger charge is -2.30. The molecule has 19 N–H and O–H groups in total. The molecule has 0 radical (unpaired) electrons. The van der Waals surface area contributed by atoms with Crippen molar-refractivity contribution in [1.29, 1.82) is 0 Å². The maximum absolute atomic E-state index is 14.1. The summed E-state index contributed by atoms with van der Waals surface area (Å²) in [5.41, 5.74) is 30.3. The number of aromatic nitrogens is 3. The number of aliphatic carboxylic acids is 1. The van der Waals surface area contributed by atoms with Gasteiger partial charge in [-0.3, -0.25) is 38.8 Å². The molecule has 4 rings (SSSR count). The summed E-state index contributed by atoms with van der Waals surface area (Å²) >= 11 is 0. The second-order valence-corrected chi connectivity index (χ2v) is 17.0. The summed E-state index contributed by atoms with van der Waals surface area (Å²) < 4.78 is 0. The van der Waals surface area contributed by atoms with Crippen LogP contribution in [0.2, 0.25) is 0 Å². The average Bonchev–Trinajstić information content (AvgIpc) is 4.09. The van der Waals surface area contributed by atoms with Crippen LogP contribution in [-0.2, 0) is 46.4 Å². The van der Waals surface area contributed by atoms with Crippen molar-refractivity contribution in [3.8, 4) is 0 Å². The molecule has 0 bridgehead atoms. The van der Waals surface area contributed by atoms with Gasteiger partial charge in [0.05, 0.1) is 19.0 Å². The van der Waals surface area contributed by atoms with Crippen LogP contribution >= 0.6 is 0 Å². The fourth-order valence-corrected chi connectivity index (χ4v) is 7.75. The molecule has 1 aromatic carbocycles. The molecule has 0 aliphatic carbocycles. The Kier molecular flexibility index (Phi) is 20.5. The van der Waals surface area contributed by atoms with Crippen molar-refractivity contribution in [3.63, 3.8) is 0 Å². The minimum absolute atomic E-state index is 0.0430. The standard InChI is InChI=1S/C43H66N16O9/c1-23(2)16-31(56-35(61)27(44)17-24-19-52-28-9-4-3-8-26(24)28)38(64)58-33(21-60)40(66)59-15-7-12-34(59)39(65)55-30(11-6-14-51-43(47)48)36(62)54-29(10-5-13-50-42(45)46)37(63)57-32(41(67)68)18-25-20-49-22-53-25/h3-4,8-9,19-20,22-23,27,29-34,52,60H,5-7,10-18,21,44H2,1-2H3,(H,49,53)(H,54,62)(H,55,65)(H,56,61)(H,57,63)(H,58,64)(H,67,68)(H4,45,46,50)(H4,47,48,51)/t27-,29-,30-,31-,32-,33-,34-/m0/s1. The highest BCUT2D eigenvalue weighted by Gasteiger charge is 2.40. The Hall–Kier alpha value is -7.28. The van der Waals surface area contributed by atoms with Crippen LogP contribution in [0.25, 0.3) is 10.9 Å². The second kappa shape index (κ2) is 26.2. The molecular formula is C43H66N16O9. The normalized spacial score (nSPS) is 16.1. The van der Waals surface area contributed by atoms with Gasteiger partial charge in [0.1, 0.15) is 36.3 Å². The number of aliphatic hydroxyl groups excluding tert-OH is 1. The fraction of sp³-hybridized carbons (Fsp3) is 0.535. The van der Waals surface area contributed by atoms with Gasteiger partial charge in [-0.2, -0.15) is 0 Å². The number of aromatic amines is 2. The molecule has 7 atom stereocenters. The van der Waals surface area contributed by atoms with E-state index in [0.29, 0.717) is 12.1 Å². The van der Waals surface area contributed by atoms with E-state index in [2.05, 4.69) is 51.5 Å². The number of imidazole rings is 1. The number of aliphatic hydroxyl groups is 1. The lowest BCUT2D eigenvalue weighted by Crippen LogP contribution is -2.60. The zero-order valence-electron chi connectivity index (χ0n) is 38.3. The number of para-hydroxylation sites is 1. The van der Waals surface area contributed by atoms with Crippen molar-refractivity contribution < 1.29 is 43.8 Å². The van der Waals surface area contributed by atoms with E-state index in [1.165, 1.54) is 17.4 Å². The number of amides is 6. The van der Waals surface area contributed by atoms with Crippen molar-refractivity contribution >= 4 is 64.2 Å². The number of carboxylic acid groups (broad SMARTS) is 1. The van der Waals surface area contributed by atoms with Gasteiger partial charge in [-0.15, -0.1) is 0 Å². The molecule has 25 nitrogen and oxygen atoms in total. The van der Waals surface area contributed by atoms with Crippen molar-refractivity contribution in [2.24, 2.45) is 44.6 Å². The van der Waals surface area contributed by atoms with E-state index >= 15 is 0 Å². The summed E-state index contributed by atoms with van der Waals surface area (Å²) in [6.45, 7) is 3.06. The molecule has 2 aromatic heterocycles. The third-order valence-electron chi connectivity index (χ3n) is 11.2. The van der Waals surface area contributed by atoms with E-state index in [1.54, 1.807) is 6.20 Å². The van der Waals surface area contributed by atoms with E-state index in [-0.39, 0.29) is 88.8 Å². The molecule has 0 spiro atoms. The summed E-state index contributed by atoms with van der Waals surface area (Å²) in [7, 11) is 0. The zero-order chi connectivity index (χ0) is 49.9. The van der Waals surface area contributed by atoms with Crippen LogP contribution in [0.15, 0.2) is 53.0 Å². The molecular weight excluding hydrogens is 885 g/mol. The topological polar surface area (TPSA) is 423 Å². The first-order chi connectivity index (χ1) is 32.4. The van der Waals surface area contributed by atoms with Gasteiger partial charge in [0.2, 0.25) is 35.4 Å². The minimum atomic E-state index is -1.51. The third kappa shape index (κ3) is 16.3. The van der Waals surface area contributed by atoms with Crippen molar-refractivity contribution in [1.82, 2.24) is 46.4 Å². The molecule has 0 saturated carbocycles. The predicted octanol–water partition coefficient (Wildman–Crippen LogP) is -3.35. The second-order valence-electron chi connectivity index (χ2n) is 17.0. The summed E-state index contributed by atoms with van der Waals surface area (Å²) in [4.78, 5) is 114. The number of nitrogens with two attached hydrogens (primary N) is 5. The molecule has 1 aliphatic rings. The number of hydrogen-bond acceptors (Lipinski definition) is 12. The minimum Gasteiger partial charge on any atom is -0.480 e. The van der Waals surface area contributed by atoms with Crippen molar-refractivity contribution in [2.75, 3.05) is 26.2 Å². The lowest BCUT2D eigenvalue weighted by molar-refractivity contribution is -0.143. The predicted molar refractivity (Wildman–Crippen MR) is 251 cm³/mol. The highest BCUT2D eigenvalue weighted by molar-refractivity contribution is 5.97. The van der Waals surface area contributed by atoms with Crippen molar-refractivity contribution in [2.45, 2.75) is 114 Å². The summed E-state index contributed by atoms with van der Waals surface area (Å²) in [5, 5.41) is 34.2. The third-order valence-corrected chi connectivity index (χ3v) is 11.2. The number of benzene rings is 1. The largest absolute Gasteiger partial charge is 0.480 e. The smallest absolute Gasteiger partial charge is 0.326 e. The highest BCUT2D eigenvalue weighted by Crippen LogP contribution is 2.21. The van der Waals surface area contributed by atoms with E-state index in [9.17, 15) is 43.8 Å². The number of fused-ring (bicyclic) bond motifs is 1. The Morgan fingerprint density at radius 3 is 1.97 bits per heavy atom. The number of guanidine groups is 2. The first-order valence-electron chi connectivity index (χ1n) is 22.4. The van der Waals surface area contributed by atoms with Gasteiger partial charge in [-0.05, 0) is 68.9 Å². The Morgan fingerprint density at radius 2 is 1.38 bits per heavy atom. The number of hydrogen-bond donors (Lipinski definition) is 14. The number of nitrogens with zero attached hydrogens (tertiary/aromatic N) is 4. The Morgan fingerprint density at radius 1 is 0.794 bits per heavy atom. The molecule has 3 heterocycles. The fourth-order valence-electron chi connectivity index (χ4n) is 7.75. The first kappa shape index (κ1) is 53.3. The Bertz CT molecular complexity index is 2240. The molecule has 1 fully saturated rings. The van der Waals surface area contributed by atoms with Crippen LogP contribution in [0.1, 0.15) is 70.1 Å². The summed E-state index contributed by atoms with van der Waals surface area (Å²) in [6, 6.07) is -1.31. The molecule has 25 heteroatoms. The van der Waals surface area contributed by atoms with Gasteiger partial charge < -0.3 is 80.3 Å². The van der Waals surface area contributed by atoms with Crippen LogP contribution in [0.5, 0.6) is 0 Å². The molecule has 6 amide bonds. The molecule has 3 aromatic rings. The van der Waals surface area contributed by atoms with Crippen LogP contribution in [0.3, 0.4) is 0 Å². The molecule has 1 saturated heterocycles. The SMILES string of the molecule is CC(C)C[C@H](NC(=O)[C@@H](N)Cc1c[nH]c2ccccc12)C(=O)N[C@@H](CO)C(=O)N1CCC[C@H]1C(=O)N[C@@H](CCCN=C(N)N)C(=O)N[C@@H](CCCN=C(N)N)C(=O)N[C@@H](Cc1cnc[nH]1)C(=O)O. The van der Waals surface area contributed by atoms with E-state index in [1.807, 2.05) is 38.1 Å². The number of H-pyrrole nitrogens is 2. The lowest BCUT2D eigenvalue weighted by atomic mass is 10.0. The number of carbonyl (C=O) groups is 7.